The number of carbonyl (C=O) groups is 1. The van der Waals surface area contributed by atoms with Crippen molar-refractivity contribution >= 4 is 37.5 Å². The van der Waals surface area contributed by atoms with Gasteiger partial charge in [-0.1, -0.05) is 17.3 Å². The number of amides is 1. The van der Waals surface area contributed by atoms with Crippen LogP contribution in [0.1, 0.15) is 35.3 Å². The average Bonchev–Trinajstić information content (AvgIpc) is 3.04. The van der Waals surface area contributed by atoms with Crippen LogP contribution in [-0.2, 0) is 16.6 Å². The Bertz CT molecular complexity index is 1360. The van der Waals surface area contributed by atoms with Crippen molar-refractivity contribution in [3.8, 4) is 12.3 Å². The van der Waals surface area contributed by atoms with Crippen molar-refractivity contribution in [2.45, 2.75) is 45.2 Å². The van der Waals surface area contributed by atoms with Crippen molar-refractivity contribution in [1.29, 1.82) is 0 Å². The number of aromatic nitrogens is 1. The smallest absolute Gasteiger partial charge is 0.279 e. The molecule has 0 bridgehead atoms. The molecule has 0 unspecified atom stereocenters. The van der Waals surface area contributed by atoms with Crippen molar-refractivity contribution in [1.82, 2.24) is 8.87 Å². The van der Waals surface area contributed by atoms with Crippen LogP contribution in [0.5, 0.6) is 0 Å². The lowest BCUT2D eigenvalue weighted by atomic mass is 10.1. The molecule has 6 nitrogen and oxygen atoms in total. The fourth-order valence-electron chi connectivity index (χ4n) is 3.02. The second-order valence-electron chi connectivity index (χ2n) is 7.64. The van der Waals surface area contributed by atoms with Crippen LogP contribution in [-0.4, -0.2) is 36.3 Å². The molecule has 0 aliphatic heterocycles. The highest BCUT2D eigenvalue weighted by atomic mass is 32.2. The molecule has 2 aromatic carbocycles. The van der Waals surface area contributed by atoms with Crippen molar-refractivity contribution < 1.29 is 13.2 Å². The molecule has 1 aromatic heterocycles. The maximum Gasteiger partial charge on any atom is 0.279 e. The normalized spacial score (nSPS) is 12.6. The van der Waals surface area contributed by atoms with Crippen LogP contribution in [0.25, 0.3) is 10.2 Å². The molecule has 31 heavy (non-hydrogen) atoms. The zero-order valence-corrected chi connectivity index (χ0v) is 19.8. The number of benzene rings is 2. The predicted molar refractivity (Wildman–Crippen MR) is 125 cm³/mol. The fraction of sp³-hybridized carbons (Fsp3) is 0.304. The third-order valence-electron chi connectivity index (χ3n) is 5.25. The SMILES string of the molecule is C#CCn1c(=NC(=O)c2ccc(S(=O)(=O)N(C)C(C)C)cc2)sc2cc(C)c(C)cc21. The van der Waals surface area contributed by atoms with E-state index in [0.29, 0.717) is 16.9 Å². The highest BCUT2D eigenvalue weighted by Gasteiger charge is 2.23. The van der Waals surface area contributed by atoms with Gasteiger partial charge in [0.1, 0.15) is 0 Å². The monoisotopic (exact) mass is 455 g/mol. The zero-order chi connectivity index (χ0) is 22.9. The Hall–Kier alpha value is -2.73. The molecule has 1 heterocycles. The lowest BCUT2D eigenvalue weighted by molar-refractivity contribution is 0.0998. The van der Waals surface area contributed by atoms with Crippen LogP contribution in [0.15, 0.2) is 46.3 Å². The summed E-state index contributed by atoms with van der Waals surface area (Å²) >= 11 is 1.40. The maximum atomic E-state index is 12.8. The summed E-state index contributed by atoms with van der Waals surface area (Å²) in [7, 11) is -2.08. The third-order valence-corrected chi connectivity index (χ3v) is 8.34. The first kappa shape index (κ1) is 22.9. The molecule has 0 saturated heterocycles. The molecule has 0 fully saturated rings. The first-order valence-electron chi connectivity index (χ1n) is 9.77. The van der Waals surface area contributed by atoms with Gasteiger partial charge in [0.25, 0.3) is 5.91 Å². The lowest BCUT2D eigenvalue weighted by Gasteiger charge is -2.20. The number of aryl methyl sites for hydroxylation is 2. The maximum absolute atomic E-state index is 12.8. The first-order valence-corrected chi connectivity index (χ1v) is 12.0. The molecule has 8 heteroatoms. The van der Waals surface area contributed by atoms with Gasteiger partial charge in [0.15, 0.2) is 4.80 Å². The van der Waals surface area contributed by atoms with Crippen LogP contribution in [0.3, 0.4) is 0 Å². The Labute approximate surface area is 186 Å². The first-order chi connectivity index (χ1) is 14.6. The van der Waals surface area contributed by atoms with Gasteiger partial charge in [-0.2, -0.15) is 9.30 Å². The van der Waals surface area contributed by atoms with Gasteiger partial charge >= 0.3 is 0 Å². The predicted octanol–water partition coefficient (Wildman–Crippen LogP) is 3.72. The number of thiazole rings is 1. The van der Waals surface area contributed by atoms with E-state index in [1.54, 1.807) is 13.8 Å². The Morgan fingerprint density at radius 1 is 1.19 bits per heavy atom. The molecule has 0 N–H and O–H groups in total. The molecular formula is C23H25N3O3S2. The summed E-state index contributed by atoms with van der Waals surface area (Å²) in [6.45, 7) is 7.96. The van der Waals surface area contributed by atoms with E-state index in [9.17, 15) is 13.2 Å². The second-order valence-corrected chi connectivity index (χ2v) is 10.6. The summed E-state index contributed by atoms with van der Waals surface area (Å²) in [4.78, 5) is 17.7. The van der Waals surface area contributed by atoms with E-state index in [4.69, 9.17) is 6.42 Å². The molecule has 3 rings (SSSR count). The summed E-state index contributed by atoms with van der Waals surface area (Å²) < 4.78 is 29.4. The van der Waals surface area contributed by atoms with Gasteiger partial charge in [0.2, 0.25) is 10.0 Å². The highest BCUT2D eigenvalue weighted by molar-refractivity contribution is 7.89. The number of hydrogen-bond donors (Lipinski definition) is 0. The quantitative estimate of drug-likeness (QED) is 0.551. The van der Waals surface area contributed by atoms with Crippen LogP contribution in [0, 0.1) is 26.2 Å². The Morgan fingerprint density at radius 3 is 2.39 bits per heavy atom. The number of hydrogen-bond acceptors (Lipinski definition) is 4. The largest absolute Gasteiger partial charge is 0.305 e. The Kier molecular flexibility index (Phi) is 6.51. The van der Waals surface area contributed by atoms with Crippen molar-refractivity contribution in [3.63, 3.8) is 0 Å². The van der Waals surface area contributed by atoms with E-state index < -0.39 is 15.9 Å². The number of carbonyl (C=O) groups excluding carboxylic acids is 1. The van der Waals surface area contributed by atoms with E-state index in [1.807, 2.05) is 24.5 Å². The van der Waals surface area contributed by atoms with E-state index in [2.05, 4.69) is 17.0 Å². The topological polar surface area (TPSA) is 71.7 Å². The molecule has 3 aromatic rings. The fourth-order valence-corrected chi connectivity index (χ4v) is 5.49. The van der Waals surface area contributed by atoms with Gasteiger partial charge in [-0.25, -0.2) is 8.42 Å². The van der Waals surface area contributed by atoms with Crippen LogP contribution >= 0.6 is 11.3 Å². The van der Waals surface area contributed by atoms with Gasteiger partial charge in [0.05, 0.1) is 21.7 Å². The lowest BCUT2D eigenvalue weighted by Crippen LogP contribution is -2.33. The van der Waals surface area contributed by atoms with Gasteiger partial charge in [-0.05, 0) is 75.2 Å². The van der Waals surface area contributed by atoms with Gasteiger partial charge in [-0.15, -0.1) is 6.42 Å². The van der Waals surface area contributed by atoms with E-state index >= 15 is 0 Å². The number of rotatable bonds is 5. The molecule has 0 atom stereocenters. The van der Waals surface area contributed by atoms with Crippen LogP contribution < -0.4 is 4.80 Å². The molecule has 0 aliphatic carbocycles. The number of sulfonamides is 1. The minimum Gasteiger partial charge on any atom is -0.305 e. The van der Waals surface area contributed by atoms with Crippen LogP contribution in [0.4, 0.5) is 0 Å². The number of terminal acetylenes is 1. The van der Waals surface area contributed by atoms with Gasteiger partial charge in [-0.3, -0.25) is 4.79 Å². The molecule has 162 valence electrons. The van der Waals surface area contributed by atoms with E-state index in [0.717, 1.165) is 21.3 Å². The van der Waals surface area contributed by atoms with E-state index in [1.165, 1.54) is 47.0 Å². The number of nitrogens with zero attached hydrogens (tertiary/aromatic N) is 3. The van der Waals surface area contributed by atoms with Gasteiger partial charge < -0.3 is 4.57 Å². The molecule has 1 amide bonds. The van der Waals surface area contributed by atoms with Crippen LogP contribution in [0.2, 0.25) is 0 Å². The molecule has 0 saturated carbocycles. The highest BCUT2D eigenvalue weighted by Crippen LogP contribution is 2.22. The average molecular weight is 456 g/mol. The molecule has 0 spiro atoms. The third kappa shape index (κ3) is 4.49. The molecule has 0 aliphatic rings. The summed E-state index contributed by atoms with van der Waals surface area (Å²) in [6.07, 6.45) is 5.54. The summed E-state index contributed by atoms with van der Waals surface area (Å²) in [6, 6.07) is 9.78. The standard InChI is InChI=1S/C23H25N3O3S2/c1-7-12-26-20-13-16(4)17(5)14-21(20)30-23(26)24-22(27)18-8-10-19(11-9-18)31(28,29)25(6)15(2)3/h1,8-11,13-15H,12H2,2-6H3. The Balaban J connectivity index is 2.02. The van der Waals surface area contributed by atoms with Crippen molar-refractivity contribution in [2.75, 3.05) is 7.05 Å². The van der Waals surface area contributed by atoms with Crippen molar-refractivity contribution in [3.05, 3.63) is 57.9 Å². The minimum absolute atomic E-state index is 0.135. The summed E-state index contributed by atoms with van der Waals surface area (Å²) in [5, 5.41) is 0. The minimum atomic E-state index is -3.61. The Morgan fingerprint density at radius 2 is 1.81 bits per heavy atom. The van der Waals surface area contributed by atoms with Gasteiger partial charge in [0, 0.05) is 18.7 Å². The second kappa shape index (κ2) is 8.79. The molecule has 0 radical (unpaired) electrons. The summed E-state index contributed by atoms with van der Waals surface area (Å²) in [5.74, 6) is 2.17. The number of fused-ring (bicyclic) bond motifs is 1. The summed E-state index contributed by atoms with van der Waals surface area (Å²) in [5.41, 5.74) is 3.54. The zero-order valence-electron chi connectivity index (χ0n) is 18.2. The van der Waals surface area contributed by atoms with E-state index in [-0.39, 0.29) is 10.9 Å². The van der Waals surface area contributed by atoms with Crippen molar-refractivity contribution in [2.24, 2.45) is 4.99 Å². The molecular weight excluding hydrogens is 430 g/mol.